The van der Waals surface area contributed by atoms with Crippen LogP contribution in [0.15, 0.2) is 35.3 Å². The highest BCUT2D eigenvalue weighted by Gasteiger charge is 2.18. The molecule has 0 aliphatic rings. The van der Waals surface area contributed by atoms with E-state index in [1.54, 1.807) is 6.26 Å². The Balaban J connectivity index is 2.08. The summed E-state index contributed by atoms with van der Waals surface area (Å²) in [6, 6.07) is 3.88. The van der Waals surface area contributed by atoms with Crippen LogP contribution in [0.25, 0.3) is 0 Å². The zero-order valence-corrected chi connectivity index (χ0v) is 9.68. The number of rotatable bonds is 4. The summed E-state index contributed by atoms with van der Waals surface area (Å²) >= 11 is 0. The van der Waals surface area contributed by atoms with Gasteiger partial charge in [0.05, 0.1) is 23.8 Å². The number of hydrogen-bond donors (Lipinski definition) is 1. The fourth-order valence-corrected chi connectivity index (χ4v) is 1.72. The Morgan fingerprint density at radius 3 is 2.94 bits per heavy atom. The van der Waals surface area contributed by atoms with Gasteiger partial charge >= 0.3 is 0 Å². The van der Waals surface area contributed by atoms with Crippen molar-refractivity contribution in [2.75, 3.05) is 0 Å². The molecule has 0 aliphatic carbocycles. The minimum atomic E-state index is -0.361. The van der Waals surface area contributed by atoms with Crippen LogP contribution in [0, 0.1) is 0 Å². The third-order valence-electron chi connectivity index (χ3n) is 2.55. The Morgan fingerprint density at radius 2 is 2.31 bits per heavy atom. The van der Waals surface area contributed by atoms with E-state index in [0.717, 1.165) is 24.4 Å². The average molecular weight is 219 g/mol. The number of hydrogen-bond acceptors (Lipinski definition) is 3. The highest BCUT2D eigenvalue weighted by atomic mass is 16.3. The van der Waals surface area contributed by atoms with Crippen molar-refractivity contribution in [3.63, 3.8) is 0 Å². The number of imidazole rings is 1. The third kappa shape index (κ3) is 2.33. The number of aryl methyl sites for hydroxylation is 2. The molecular weight excluding hydrogens is 202 g/mol. The lowest BCUT2D eigenvalue weighted by Gasteiger charge is -2.20. The number of aromatic nitrogens is 2. The summed E-state index contributed by atoms with van der Waals surface area (Å²) in [5.41, 5.74) is 6.75. The van der Waals surface area contributed by atoms with E-state index in [-0.39, 0.29) is 5.54 Å². The van der Waals surface area contributed by atoms with Gasteiger partial charge in [0, 0.05) is 19.2 Å². The molecule has 0 radical (unpaired) electrons. The quantitative estimate of drug-likeness (QED) is 0.854. The molecule has 4 nitrogen and oxygen atoms in total. The maximum atomic E-state index is 6.07. The van der Waals surface area contributed by atoms with E-state index in [9.17, 15) is 0 Å². The van der Waals surface area contributed by atoms with Crippen LogP contribution in [0.4, 0.5) is 0 Å². The van der Waals surface area contributed by atoms with Gasteiger partial charge in [-0.1, -0.05) is 0 Å². The van der Waals surface area contributed by atoms with Crippen molar-refractivity contribution in [1.29, 1.82) is 0 Å². The molecule has 0 saturated heterocycles. The minimum absolute atomic E-state index is 0.361. The smallest absolute Gasteiger partial charge is 0.105 e. The topological polar surface area (TPSA) is 57.0 Å². The van der Waals surface area contributed by atoms with Gasteiger partial charge in [-0.15, -0.1) is 0 Å². The second-order valence-electron chi connectivity index (χ2n) is 4.52. The Hall–Kier alpha value is -1.55. The molecule has 0 aromatic carbocycles. The fourth-order valence-electron chi connectivity index (χ4n) is 1.72. The molecule has 0 aliphatic heterocycles. The minimum Gasteiger partial charge on any atom is -0.469 e. The number of nitrogens with two attached hydrogens (primary N) is 1. The molecule has 2 heterocycles. The molecule has 0 fully saturated rings. The first-order valence-electron chi connectivity index (χ1n) is 5.39. The largest absolute Gasteiger partial charge is 0.469 e. The van der Waals surface area contributed by atoms with Crippen molar-refractivity contribution in [2.24, 2.45) is 5.73 Å². The van der Waals surface area contributed by atoms with Gasteiger partial charge in [-0.2, -0.15) is 0 Å². The molecule has 0 bridgehead atoms. The summed E-state index contributed by atoms with van der Waals surface area (Å²) in [6.07, 6.45) is 6.18. The Labute approximate surface area is 95.1 Å². The van der Waals surface area contributed by atoms with E-state index in [4.69, 9.17) is 10.2 Å². The van der Waals surface area contributed by atoms with Crippen LogP contribution < -0.4 is 5.73 Å². The van der Waals surface area contributed by atoms with Crippen LogP contribution in [-0.2, 0) is 18.5 Å². The van der Waals surface area contributed by atoms with Crippen molar-refractivity contribution >= 4 is 0 Å². The highest BCUT2D eigenvalue weighted by molar-refractivity contribution is 5.10. The predicted octanol–water partition coefficient (Wildman–Crippen LogP) is 1.91. The molecule has 0 unspecified atom stereocenters. The molecule has 2 rings (SSSR count). The van der Waals surface area contributed by atoms with Crippen LogP contribution in [-0.4, -0.2) is 9.55 Å². The van der Waals surface area contributed by atoms with Gasteiger partial charge in [0.2, 0.25) is 0 Å². The van der Waals surface area contributed by atoms with Crippen LogP contribution in [0.3, 0.4) is 0 Å². The summed E-state index contributed by atoms with van der Waals surface area (Å²) in [6.45, 7) is 4.80. The second kappa shape index (κ2) is 4.14. The molecule has 2 aromatic heterocycles. The maximum Gasteiger partial charge on any atom is 0.105 e. The van der Waals surface area contributed by atoms with Gasteiger partial charge in [-0.25, -0.2) is 4.98 Å². The summed E-state index contributed by atoms with van der Waals surface area (Å²) in [4.78, 5) is 4.14. The van der Waals surface area contributed by atoms with Gasteiger partial charge in [0.1, 0.15) is 5.76 Å². The molecule has 0 saturated carbocycles. The van der Waals surface area contributed by atoms with Crippen molar-refractivity contribution in [2.45, 2.75) is 32.4 Å². The lowest BCUT2D eigenvalue weighted by atomic mass is 10.0. The lowest BCUT2D eigenvalue weighted by molar-refractivity contribution is 0.462. The van der Waals surface area contributed by atoms with E-state index in [0.29, 0.717) is 0 Å². The fraction of sp³-hybridized carbons (Fsp3) is 0.417. The van der Waals surface area contributed by atoms with E-state index in [2.05, 4.69) is 9.55 Å². The molecule has 4 heteroatoms. The number of nitrogens with zero attached hydrogens (tertiary/aromatic N) is 2. The average Bonchev–Trinajstić information content (AvgIpc) is 2.85. The second-order valence-corrected chi connectivity index (χ2v) is 4.52. The molecular formula is C12H17N3O. The van der Waals surface area contributed by atoms with E-state index in [1.807, 2.05) is 38.5 Å². The van der Waals surface area contributed by atoms with Gasteiger partial charge < -0.3 is 14.7 Å². The Bertz CT molecular complexity index is 437. The molecule has 0 amide bonds. The molecule has 0 spiro atoms. The molecule has 16 heavy (non-hydrogen) atoms. The van der Waals surface area contributed by atoms with Gasteiger partial charge in [-0.3, -0.25) is 0 Å². The summed E-state index contributed by atoms with van der Waals surface area (Å²) in [5.74, 6) is 0.981. The van der Waals surface area contributed by atoms with Crippen molar-refractivity contribution in [3.8, 4) is 0 Å². The van der Waals surface area contributed by atoms with Gasteiger partial charge in [-0.05, 0) is 26.0 Å². The van der Waals surface area contributed by atoms with Gasteiger partial charge in [0.15, 0.2) is 0 Å². The monoisotopic (exact) mass is 219 g/mol. The third-order valence-corrected chi connectivity index (χ3v) is 2.55. The van der Waals surface area contributed by atoms with Crippen LogP contribution >= 0.6 is 0 Å². The van der Waals surface area contributed by atoms with E-state index >= 15 is 0 Å². The first-order valence-corrected chi connectivity index (χ1v) is 5.39. The summed E-state index contributed by atoms with van der Waals surface area (Å²) < 4.78 is 7.36. The van der Waals surface area contributed by atoms with Crippen molar-refractivity contribution < 1.29 is 4.42 Å². The molecule has 86 valence electrons. The Morgan fingerprint density at radius 1 is 1.50 bits per heavy atom. The van der Waals surface area contributed by atoms with E-state index < -0.39 is 0 Å². The zero-order chi connectivity index (χ0) is 11.6. The van der Waals surface area contributed by atoms with Gasteiger partial charge in [0.25, 0.3) is 0 Å². The first-order chi connectivity index (χ1) is 7.57. The Kier molecular flexibility index (Phi) is 2.83. The van der Waals surface area contributed by atoms with Crippen LogP contribution in [0.5, 0.6) is 0 Å². The zero-order valence-electron chi connectivity index (χ0n) is 9.68. The maximum absolute atomic E-state index is 6.07. The van der Waals surface area contributed by atoms with Crippen molar-refractivity contribution in [3.05, 3.63) is 42.4 Å². The lowest BCUT2D eigenvalue weighted by Crippen LogP contribution is -2.31. The summed E-state index contributed by atoms with van der Waals surface area (Å²) in [7, 11) is 0. The molecule has 2 N–H and O–H groups in total. The molecule has 2 aromatic rings. The number of furan rings is 1. The van der Waals surface area contributed by atoms with E-state index in [1.165, 1.54) is 0 Å². The first kappa shape index (κ1) is 11.0. The summed E-state index contributed by atoms with van der Waals surface area (Å²) in [5, 5.41) is 0. The standard InChI is InChI=1S/C12H17N3O/c1-12(2,13)11-8-14-9-15(11)6-5-10-4-3-7-16-10/h3-4,7-9H,5-6,13H2,1-2H3. The molecule has 0 atom stereocenters. The van der Waals surface area contributed by atoms with Crippen LogP contribution in [0.1, 0.15) is 25.3 Å². The normalized spacial score (nSPS) is 11.9. The van der Waals surface area contributed by atoms with Crippen molar-refractivity contribution in [1.82, 2.24) is 9.55 Å². The van der Waals surface area contributed by atoms with Crippen LogP contribution in [0.2, 0.25) is 0 Å². The predicted molar refractivity (Wildman–Crippen MR) is 61.9 cm³/mol. The SMILES string of the molecule is CC(C)(N)c1cncn1CCc1ccco1. The highest BCUT2D eigenvalue weighted by Crippen LogP contribution is 2.16.